The first kappa shape index (κ1) is 14.7. The zero-order valence-corrected chi connectivity index (χ0v) is 11.9. The molecule has 0 amide bonds. The van der Waals surface area contributed by atoms with Crippen molar-refractivity contribution >= 4 is 16.0 Å². The third-order valence-electron chi connectivity index (χ3n) is 4.54. The van der Waals surface area contributed by atoms with E-state index in [1.807, 2.05) is 0 Å². The summed E-state index contributed by atoms with van der Waals surface area (Å²) >= 11 is 0. The van der Waals surface area contributed by atoms with Crippen LogP contribution in [0.15, 0.2) is 0 Å². The Kier molecular flexibility index (Phi) is 3.90. The first-order valence-corrected chi connectivity index (χ1v) is 8.22. The number of piperidine rings is 1. The highest BCUT2D eigenvalue weighted by molar-refractivity contribution is 7.90. The largest absolute Gasteiger partial charge is 0.480 e. The van der Waals surface area contributed by atoms with Crippen molar-refractivity contribution in [3.05, 3.63) is 0 Å². The second kappa shape index (κ2) is 5.03. The van der Waals surface area contributed by atoms with Crippen LogP contribution in [0.5, 0.6) is 0 Å². The van der Waals surface area contributed by atoms with Gasteiger partial charge in [-0.2, -0.15) is 0 Å². The van der Waals surface area contributed by atoms with E-state index >= 15 is 0 Å². The van der Waals surface area contributed by atoms with Crippen LogP contribution < -0.4 is 0 Å². The lowest BCUT2D eigenvalue weighted by Gasteiger charge is -2.47. The number of rotatable bonds is 3. The van der Waals surface area contributed by atoms with Crippen molar-refractivity contribution < 1.29 is 23.4 Å². The standard InChI is InChI=1S/C12H21NO5S/c1-9(11(14)15)19(17,18)13-7-6-12(16)5-3-2-4-10(12)8-13/h9-10,16H,2-8H2,1H3,(H,14,15). The molecule has 2 rings (SSSR count). The van der Waals surface area contributed by atoms with E-state index in [4.69, 9.17) is 5.11 Å². The monoisotopic (exact) mass is 291 g/mol. The molecule has 1 saturated carbocycles. The van der Waals surface area contributed by atoms with Gasteiger partial charge in [0.15, 0.2) is 5.25 Å². The molecule has 3 atom stereocenters. The Hall–Kier alpha value is -0.660. The minimum atomic E-state index is -3.82. The molecule has 7 heteroatoms. The summed E-state index contributed by atoms with van der Waals surface area (Å²) < 4.78 is 25.6. The summed E-state index contributed by atoms with van der Waals surface area (Å²) in [6, 6.07) is 0. The predicted molar refractivity (Wildman–Crippen MR) is 69.1 cm³/mol. The lowest BCUT2D eigenvalue weighted by atomic mass is 9.72. The van der Waals surface area contributed by atoms with Gasteiger partial charge in [-0.1, -0.05) is 12.8 Å². The van der Waals surface area contributed by atoms with Gasteiger partial charge in [0.2, 0.25) is 10.0 Å². The fraction of sp³-hybridized carbons (Fsp3) is 0.917. The Morgan fingerprint density at radius 2 is 2.05 bits per heavy atom. The predicted octanol–water partition coefficient (Wildman–Crippen LogP) is 0.416. The van der Waals surface area contributed by atoms with Crippen molar-refractivity contribution in [1.82, 2.24) is 4.31 Å². The molecule has 1 heterocycles. The fourth-order valence-corrected chi connectivity index (χ4v) is 4.56. The molecule has 19 heavy (non-hydrogen) atoms. The molecule has 0 aromatic rings. The molecule has 0 bridgehead atoms. The zero-order valence-electron chi connectivity index (χ0n) is 11.1. The van der Waals surface area contributed by atoms with E-state index in [-0.39, 0.29) is 19.0 Å². The van der Waals surface area contributed by atoms with E-state index in [9.17, 15) is 18.3 Å². The van der Waals surface area contributed by atoms with Crippen LogP contribution >= 0.6 is 0 Å². The van der Waals surface area contributed by atoms with E-state index in [1.165, 1.54) is 11.2 Å². The molecule has 0 aromatic heterocycles. The number of fused-ring (bicyclic) bond motifs is 1. The van der Waals surface area contributed by atoms with Crippen molar-refractivity contribution in [2.24, 2.45) is 5.92 Å². The second-order valence-corrected chi connectivity index (χ2v) is 7.93. The topological polar surface area (TPSA) is 94.9 Å². The number of carboxylic acid groups (broad SMARTS) is 1. The molecule has 1 aliphatic heterocycles. The number of hydrogen-bond acceptors (Lipinski definition) is 4. The minimum Gasteiger partial charge on any atom is -0.480 e. The van der Waals surface area contributed by atoms with E-state index < -0.39 is 26.8 Å². The van der Waals surface area contributed by atoms with Crippen LogP contribution in [0.3, 0.4) is 0 Å². The van der Waals surface area contributed by atoms with Crippen LogP contribution in [0, 0.1) is 5.92 Å². The summed E-state index contributed by atoms with van der Waals surface area (Å²) in [5.41, 5.74) is -0.753. The Labute approximate surface area is 113 Å². The Morgan fingerprint density at radius 3 is 2.68 bits per heavy atom. The minimum absolute atomic E-state index is 0.0641. The van der Waals surface area contributed by atoms with E-state index in [1.54, 1.807) is 0 Å². The van der Waals surface area contributed by atoms with Gasteiger partial charge in [0.25, 0.3) is 0 Å². The smallest absolute Gasteiger partial charge is 0.323 e. The van der Waals surface area contributed by atoms with Gasteiger partial charge in [0.1, 0.15) is 0 Å². The van der Waals surface area contributed by atoms with Gasteiger partial charge in [-0.3, -0.25) is 4.79 Å². The van der Waals surface area contributed by atoms with Gasteiger partial charge in [-0.15, -0.1) is 0 Å². The van der Waals surface area contributed by atoms with Crippen molar-refractivity contribution in [3.8, 4) is 0 Å². The van der Waals surface area contributed by atoms with Gasteiger partial charge in [0, 0.05) is 19.0 Å². The van der Waals surface area contributed by atoms with Crippen LogP contribution in [0.2, 0.25) is 0 Å². The van der Waals surface area contributed by atoms with Crippen molar-refractivity contribution in [2.45, 2.75) is 49.9 Å². The second-order valence-electron chi connectivity index (χ2n) is 5.68. The summed E-state index contributed by atoms with van der Waals surface area (Å²) in [7, 11) is -3.82. The molecule has 110 valence electrons. The van der Waals surface area contributed by atoms with Gasteiger partial charge < -0.3 is 10.2 Å². The Morgan fingerprint density at radius 1 is 1.37 bits per heavy atom. The van der Waals surface area contributed by atoms with E-state index in [0.717, 1.165) is 25.7 Å². The average molecular weight is 291 g/mol. The van der Waals surface area contributed by atoms with E-state index in [2.05, 4.69) is 0 Å². The van der Waals surface area contributed by atoms with Gasteiger partial charge in [0.05, 0.1) is 5.60 Å². The van der Waals surface area contributed by atoms with Crippen molar-refractivity contribution in [3.63, 3.8) is 0 Å². The molecule has 2 N–H and O–H groups in total. The SMILES string of the molecule is CC(C(=O)O)S(=O)(=O)N1CCC2(O)CCCCC2C1. The van der Waals surface area contributed by atoms with Gasteiger partial charge in [-0.25, -0.2) is 12.7 Å². The quantitative estimate of drug-likeness (QED) is 0.785. The Bertz CT molecular complexity index is 463. The van der Waals surface area contributed by atoms with Crippen LogP contribution in [0.25, 0.3) is 0 Å². The van der Waals surface area contributed by atoms with Gasteiger partial charge in [-0.05, 0) is 26.2 Å². The lowest BCUT2D eigenvalue weighted by Crippen LogP contribution is -2.56. The maximum atomic E-state index is 12.2. The molecule has 3 unspecified atom stereocenters. The molecule has 0 aromatic carbocycles. The summed E-state index contributed by atoms with van der Waals surface area (Å²) in [6.07, 6.45) is 3.91. The fourth-order valence-electron chi connectivity index (χ4n) is 3.12. The number of aliphatic hydroxyl groups is 1. The molecule has 2 fully saturated rings. The highest BCUT2D eigenvalue weighted by atomic mass is 32.2. The number of hydrogen-bond donors (Lipinski definition) is 2. The molecule has 1 saturated heterocycles. The first-order valence-electron chi connectivity index (χ1n) is 6.71. The zero-order chi connectivity index (χ0) is 14.3. The highest BCUT2D eigenvalue weighted by Gasteiger charge is 2.46. The van der Waals surface area contributed by atoms with Gasteiger partial charge >= 0.3 is 5.97 Å². The Balaban J connectivity index is 2.15. The molecular weight excluding hydrogens is 270 g/mol. The number of carboxylic acids is 1. The summed E-state index contributed by atoms with van der Waals surface area (Å²) in [6.45, 7) is 1.66. The van der Waals surface area contributed by atoms with E-state index in [0.29, 0.717) is 6.42 Å². The number of sulfonamides is 1. The average Bonchev–Trinajstić information content (AvgIpc) is 2.36. The maximum Gasteiger partial charge on any atom is 0.323 e. The lowest BCUT2D eigenvalue weighted by molar-refractivity contribution is -0.136. The van der Waals surface area contributed by atoms with Crippen LogP contribution in [-0.4, -0.2) is 52.8 Å². The molecule has 1 aliphatic carbocycles. The molecule has 0 spiro atoms. The first-order chi connectivity index (χ1) is 8.77. The number of nitrogens with zero attached hydrogens (tertiary/aromatic N) is 1. The summed E-state index contributed by atoms with van der Waals surface area (Å²) in [4.78, 5) is 10.9. The van der Waals surface area contributed by atoms with Crippen molar-refractivity contribution in [2.75, 3.05) is 13.1 Å². The summed E-state index contributed by atoms with van der Waals surface area (Å²) in [5.74, 6) is -1.39. The normalized spacial score (nSPS) is 34.5. The third kappa shape index (κ3) is 2.64. The molecule has 0 radical (unpaired) electrons. The molecular formula is C12H21NO5S. The van der Waals surface area contributed by atoms with Crippen LogP contribution in [-0.2, 0) is 14.8 Å². The van der Waals surface area contributed by atoms with Crippen molar-refractivity contribution in [1.29, 1.82) is 0 Å². The highest BCUT2D eigenvalue weighted by Crippen LogP contribution is 2.40. The summed E-state index contributed by atoms with van der Waals surface area (Å²) in [5, 5.41) is 17.9. The number of carbonyl (C=O) groups is 1. The maximum absolute atomic E-state index is 12.2. The van der Waals surface area contributed by atoms with Crippen LogP contribution in [0.4, 0.5) is 0 Å². The number of aliphatic carboxylic acids is 1. The third-order valence-corrected chi connectivity index (χ3v) is 6.69. The molecule has 2 aliphatic rings. The van der Waals surface area contributed by atoms with Crippen LogP contribution in [0.1, 0.15) is 39.0 Å². The molecule has 6 nitrogen and oxygen atoms in total.